The van der Waals surface area contributed by atoms with Crippen LogP contribution in [0.4, 0.5) is 14.5 Å². The lowest BCUT2D eigenvalue weighted by Gasteiger charge is -2.01. The van der Waals surface area contributed by atoms with Crippen molar-refractivity contribution in [2.24, 2.45) is 0 Å². The molecule has 0 radical (unpaired) electrons. The first-order chi connectivity index (χ1) is 6.97. The maximum Gasteiger partial charge on any atom is 0.288 e. The Kier molecular flexibility index (Phi) is 3.26. The van der Waals surface area contributed by atoms with E-state index in [-0.39, 0.29) is 4.47 Å². The van der Waals surface area contributed by atoms with Crippen molar-refractivity contribution in [1.29, 1.82) is 5.26 Å². The minimum absolute atomic E-state index is 0.195. The molecule has 0 amide bonds. The molecule has 0 N–H and O–H groups in total. The first-order valence-corrected chi connectivity index (χ1v) is 4.29. The van der Waals surface area contributed by atoms with Crippen LogP contribution in [-0.4, -0.2) is 9.91 Å². The number of hydrogen-bond donors (Lipinski definition) is 0. The van der Waals surface area contributed by atoms with Gasteiger partial charge in [0.1, 0.15) is 16.2 Å². The molecule has 0 saturated carbocycles. The van der Waals surface area contributed by atoms with E-state index < -0.39 is 28.4 Å². The summed E-state index contributed by atoms with van der Waals surface area (Å²) in [6.07, 6.45) is -2.95. The zero-order valence-corrected chi connectivity index (χ0v) is 8.53. The van der Waals surface area contributed by atoms with Crippen LogP contribution in [0.3, 0.4) is 0 Å². The van der Waals surface area contributed by atoms with Crippen molar-refractivity contribution >= 4 is 21.6 Å². The van der Waals surface area contributed by atoms with Crippen LogP contribution in [0.1, 0.15) is 17.8 Å². The van der Waals surface area contributed by atoms with E-state index in [1.54, 1.807) is 0 Å². The van der Waals surface area contributed by atoms with Gasteiger partial charge in [-0.3, -0.25) is 10.1 Å². The van der Waals surface area contributed by atoms with E-state index in [9.17, 15) is 18.9 Å². The standard InChI is InChI=1S/C7H2BrF2N3O2/c8-6-4(2-11)12-3(7(9)10)1-5(6)13(14)15/h1,7H. The first-order valence-electron chi connectivity index (χ1n) is 3.50. The van der Waals surface area contributed by atoms with E-state index in [0.29, 0.717) is 6.07 Å². The summed E-state index contributed by atoms with van der Waals surface area (Å²) in [6, 6.07) is 2.12. The molecular weight excluding hydrogens is 276 g/mol. The van der Waals surface area contributed by atoms with Crippen LogP contribution in [0.2, 0.25) is 0 Å². The average Bonchev–Trinajstić information content (AvgIpc) is 2.17. The Bertz CT molecular complexity index is 458. The summed E-state index contributed by atoms with van der Waals surface area (Å²) in [5.41, 5.74) is -1.82. The Labute approximate surface area is 90.6 Å². The maximum absolute atomic E-state index is 12.2. The summed E-state index contributed by atoms with van der Waals surface area (Å²) in [5, 5.41) is 19.0. The fraction of sp³-hybridized carbons (Fsp3) is 0.143. The van der Waals surface area contributed by atoms with Crippen LogP contribution in [0.25, 0.3) is 0 Å². The zero-order valence-electron chi connectivity index (χ0n) is 6.95. The van der Waals surface area contributed by atoms with Gasteiger partial charge in [-0.15, -0.1) is 0 Å². The van der Waals surface area contributed by atoms with Crippen LogP contribution in [0.15, 0.2) is 10.5 Å². The Morgan fingerprint density at radius 3 is 2.67 bits per heavy atom. The predicted molar refractivity (Wildman–Crippen MR) is 48.3 cm³/mol. The molecule has 0 aromatic carbocycles. The highest BCUT2D eigenvalue weighted by Gasteiger charge is 2.22. The summed E-state index contributed by atoms with van der Waals surface area (Å²) in [7, 11) is 0. The Morgan fingerprint density at radius 2 is 2.27 bits per heavy atom. The molecule has 1 heterocycles. The second-order valence-corrected chi connectivity index (χ2v) is 3.19. The molecule has 1 aromatic rings. The number of halogens is 3. The van der Waals surface area contributed by atoms with Crippen LogP contribution in [0.5, 0.6) is 0 Å². The molecular formula is C7H2BrF2N3O2. The van der Waals surface area contributed by atoms with Crippen molar-refractivity contribution in [2.45, 2.75) is 6.43 Å². The van der Waals surface area contributed by atoms with Crippen molar-refractivity contribution in [3.63, 3.8) is 0 Å². The van der Waals surface area contributed by atoms with Gasteiger partial charge in [0.05, 0.1) is 4.92 Å². The SMILES string of the molecule is N#Cc1nc(C(F)F)cc([N+](=O)[O-])c1Br. The van der Waals surface area contributed by atoms with E-state index >= 15 is 0 Å². The number of pyridine rings is 1. The van der Waals surface area contributed by atoms with Gasteiger partial charge in [0.2, 0.25) is 0 Å². The Morgan fingerprint density at radius 1 is 1.67 bits per heavy atom. The third kappa shape index (κ3) is 2.24. The summed E-state index contributed by atoms with van der Waals surface area (Å²) in [6.45, 7) is 0. The highest BCUT2D eigenvalue weighted by molar-refractivity contribution is 9.10. The highest BCUT2D eigenvalue weighted by Crippen LogP contribution is 2.30. The van der Waals surface area contributed by atoms with E-state index in [2.05, 4.69) is 20.9 Å². The van der Waals surface area contributed by atoms with Gasteiger partial charge in [-0.1, -0.05) is 0 Å². The van der Waals surface area contributed by atoms with Crippen molar-refractivity contribution in [2.75, 3.05) is 0 Å². The summed E-state index contributed by atoms with van der Waals surface area (Å²) < 4.78 is 24.3. The number of alkyl halides is 2. The largest absolute Gasteiger partial charge is 0.288 e. The lowest BCUT2D eigenvalue weighted by Crippen LogP contribution is -1.99. The van der Waals surface area contributed by atoms with Gasteiger partial charge in [0.25, 0.3) is 12.1 Å². The minimum Gasteiger partial charge on any atom is -0.258 e. The molecule has 0 aliphatic carbocycles. The van der Waals surface area contributed by atoms with E-state index in [1.165, 1.54) is 6.07 Å². The molecule has 1 rings (SSSR count). The topological polar surface area (TPSA) is 79.8 Å². The molecule has 0 fully saturated rings. The molecule has 0 spiro atoms. The molecule has 5 nitrogen and oxygen atoms in total. The molecule has 0 aliphatic heterocycles. The molecule has 0 aliphatic rings. The molecule has 0 atom stereocenters. The molecule has 15 heavy (non-hydrogen) atoms. The smallest absolute Gasteiger partial charge is 0.258 e. The molecule has 0 bridgehead atoms. The van der Waals surface area contributed by atoms with Crippen LogP contribution < -0.4 is 0 Å². The second-order valence-electron chi connectivity index (χ2n) is 2.40. The normalized spacial score (nSPS) is 10.1. The number of hydrogen-bond acceptors (Lipinski definition) is 4. The number of nitrogens with zero attached hydrogens (tertiary/aromatic N) is 3. The first kappa shape index (κ1) is 11.5. The van der Waals surface area contributed by atoms with Crippen LogP contribution in [0, 0.1) is 21.4 Å². The van der Waals surface area contributed by atoms with Crippen molar-refractivity contribution in [3.8, 4) is 6.07 Å². The monoisotopic (exact) mass is 277 g/mol. The van der Waals surface area contributed by atoms with Crippen molar-refractivity contribution in [3.05, 3.63) is 32.0 Å². The van der Waals surface area contributed by atoms with Gasteiger partial charge in [-0.25, -0.2) is 13.8 Å². The zero-order chi connectivity index (χ0) is 11.6. The number of rotatable bonds is 2. The number of nitro groups is 1. The lowest BCUT2D eigenvalue weighted by atomic mass is 10.2. The van der Waals surface area contributed by atoms with Gasteiger partial charge < -0.3 is 0 Å². The van der Waals surface area contributed by atoms with E-state index in [4.69, 9.17) is 5.26 Å². The Hall–Kier alpha value is -1.62. The third-order valence-electron chi connectivity index (χ3n) is 1.48. The molecule has 8 heteroatoms. The van der Waals surface area contributed by atoms with Gasteiger partial charge >= 0.3 is 0 Å². The summed E-state index contributed by atoms with van der Waals surface area (Å²) in [4.78, 5) is 12.9. The van der Waals surface area contributed by atoms with Crippen molar-refractivity contribution < 1.29 is 13.7 Å². The van der Waals surface area contributed by atoms with Gasteiger partial charge in [0, 0.05) is 6.07 Å². The fourth-order valence-corrected chi connectivity index (χ4v) is 1.29. The quantitative estimate of drug-likeness (QED) is 0.615. The predicted octanol–water partition coefficient (Wildman–Crippen LogP) is 2.56. The van der Waals surface area contributed by atoms with E-state index in [1.807, 2.05) is 0 Å². The highest BCUT2D eigenvalue weighted by atomic mass is 79.9. The third-order valence-corrected chi connectivity index (χ3v) is 2.27. The lowest BCUT2D eigenvalue weighted by molar-refractivity contribution is -0.385. The van der Waals surface area contributed by atoms with E-state index in [0.717, 1.165) is 0 Å². The molecule has 78 valence electrons. The number of nitriles is 1. The Balaban J connectivity index is 3.47. The summed E-state index contributed by atoms with van der Waals surface area (Å²) in [5.74, 6) is 0. The molecule has 1 aromatic heterocycles. The van der Waals surface area contributed by atoms with Gasteiger partial charge in [0.15, 0.2) is 5.69 Å². The maximum atomic E-state index is 12.2. The molecule has 0 unspecified atom stereocenters. The van der Waals surface area contributed by atoms with Crippen LogP contribution in [-0.2, 0) is 0 Å². The van der Waals surface area contributed by atoms with Crippen molar-refractivity contribution in [1.82, 2.24) is 4.98 Å². The second kappa shape index (κ2) is 4.27. The van der Waals surface area contributed by atoms with Gasteiger partial charge in [-0.05, 0) is 15.9 Å². The summed E-state index contributed by atoms with van der Waals surface area (Å²) >= 11 is 2.75. The number of aromatic nitrogens is 1. The average molecular weight is 278 g/mol. The minimum atomic E-state index is -2.95. The molecule has 0 saturated heterocycles. The fourth-order valence-electron chi connectivity index (χ4n) is 0.854. The van der Waals surface area contributed by atoms with Gasteiger partial charge in [-0.2, -0.15) is 5.26 Å². The van der Waals surface area contributed by atoms with Crippen LogP contribution >= 0.6 is 15.9 Å².